The van der Waals surface area contributed by atoms with E-state index in [1.54, 1.807) is 18.2 Å². The van der Waals surface area contributed by atoms with Crippen LogP contribution in [0, 0.1) is 30.3 Å². The molecule has 1 rings (SSSR count). The van der Waals surface area contributed by atoms with Crippen LogP contribution >= 0.6 is 0 Å². The Morgan fingerprint density at radius 3 is 1.91 bits per heavy atom. The van der Waals surface area contributed by atoms with Gasteiger partial charge in [-0.05, 0) is 18.4 Å². The van der Waals surface area contributed by atoms with Gasteiger partial charge in [-0.15, -0.1) is 0 Å². The fourth-order valence-electron chi connectivity index (χ4n) is 2.14. The predicted octanol–water partition coefficient (Wildman–Crippen LogP) is 1.51. The van der Waals surface area contributed by atoms with E-state index in [1.165, 1.54) is 12.1 Å². The number of nitro groups is 3. The van der Waals surface area contributed by atoms with Gasteiger partial charge in [0.2, 0.25) is 0 Å². The fourth-order valence-corrected chi connectivity index (χ4v) is 2.14. The number of rotatable bonds is 9. The zero-order valence-corrected chi connectivity index (χ0v) is 11.7. The Balaban J connectivity index is 2.90. The number of benzene rings is 1. The molecule has 0 aromatic heterocycles. The second-order valence-electron chi connectivity index (χ2n) is 4.74. The first-order valence-corrected chi connectivity index (χ1v) is 6.44. The van der Waals surface area contributed by atoms with E-state index in [4.69, 9.17) is 0 Å². The summed E-state index contributed by atoms with van der Waals surface area (Å²) in [6, 6.07) is 7.92. The lowest BCUT2D eigenvalue weighted by Gasteiger charge is -2.13. The highest BCUT2D eigenvalue weighted by molar-refractivity contribution is 5.75. The van der Waals surface area contributed by atoms with Crippen molar-refractivity contribution in [2.24, 2.45) is 0 Å². The molecule has 0 saturated heterocycles. The van der Waals surface area contributed by atoms with Gasteiger partial charge in [0, 0.05) is 0 Å². The van der Waals surface area contributed by atoms with Gasteiger partial charge in [-0.1, -0.05) is 30.3 Å². The van der Waals surface area contributed by atoms with Crippen LogP contribution in [-0.4, -0.2) is 31.6 Å². The van der Waals surface area contributed by atoms with Crippen LogP contribution < -0.4 is 0 Å². The number of nitrogens with zero attached hydrogens (tertiary/aromatic N) is 3. The van der Waals surface area contributed by atoms with Crippen molar-refractivity contribution in [3.8, 4) is 0 Å². The molecule has 0 aliphatic heterocycles. The van der Waals surface area contributed by atoms with Crippen LogP contribution in [0.5, 0.6) is 0 Å². The average molecular weight is 327 g/mol. The van der Waals surface area contributed by atoms with Crippen molar-refractivity contribution in [2.75, 3.05) is 0 Å². The Kier molecular flexibility index (Phi) is 5.65. The zero-order chi connectivity index (χ0) is 17.6. The molecule has 1 aromatic rings. The molecule has 23 heavy (non-hydrogen) atoms. The van der Waals surface area contributed by atoms with Gasteiger partial charge in [-0.25, -0.2) is 0 Å². The van der Waals surface area contributed by atoms with E-state index in [0.717, 1.165) is 0 Å². The third-order valence-electron chi connectivity index (χ3n) is 3.38. The maximum Gasteiger partial charge on any atom is 0.699 e. The molecular weight excluding hydrogens is 314 g/mol. The van der Waals surface area contributed by atoms with Crippen LogP contribution in [0.1, 0.15) is 30.7 Å². The van der Waals surface area contributed by atoms with E-state index in [-0.39, 0.29) is 12.8 Å². The van der Waals surface area contributed by atoms with Gasteiger partial charge >= 0.3 is 11.8 Å². The summed E-state index contributed by atoms with van der Waals surface area (Å²) in [6.45, 7) is 0. The van der Waals surface area contributed by atoms with Gasteiger partial charge in [-0.3, -0.25) is 35.1 Å². The lowest BCUT2D eigenvalue weighted by atomic mass is 9.93. The molecular formula is C12H13N3O8. The molecule has 124 valence electrons. The second kappa shape index (κ2) is 7.24. The highest BCUT2D eigenvalue weighted by atomic mass is 16.7. The Labute approximate surface area is 129 Å². The summed E-state index contributed by atoms with van der Waals surface area (Å²) in [5, 5.41) is 41.6. The summed E-state index contributed by atoms with van der Waals surface area (Å²) in [4.78, 5) is 38.9. The molecule has 0 spiro atoms. The first-order chi connectivity index (χ1) is 10.7. The number of hydrogen-bond donors (Lipinski definition) is 1. The highest BCUT2D eigenvalue weighted by Gasteiger charge is 2.69. The molecule has 0 saturated carbocycles. The molecule has 1 atom stereocenters. The molecule has 1 unspecified atom stereocenters. The lowest BCUT2D eigenvalue weighted by Crippen LogP contribution is -2.53. The topological polar surface area (TPSA) is 167 Å². The Bertz CT molecular complexity index is 582. The summed E-state index contributed by atoms with van der Waals surface area (Å²) in [6.07, 6.45) is -1.57. The second-order valence-corrected chi connectivity index (χ2v) is 4.74. The third kappa shape index (κ3) is 3.75. The average Bonchev–Trinajstić information content (AvgIpc) is 2.46. The van der Waals surface area contributed by atoms with E-state index in [1.807, 2.05) is 0 Å². The van der Waals surface area contributed by atoms with E-state index in [9.17, 15) is 40.2 Å². The predicted molar refractivity (Wildman–Crippen MR) is 74.4 cm³/mol. The quantitative estimate of drug-likeness (QED) is 0.404. The summed E-state index contributed by atoms with van der Waals surface area (Å²) < 4.78 is 0. The van der Waals surface area contributed by atoms with E-state index in [2.05, 4.69) is 0 Å². The molecule has 0 amide bonds. The SMILES string of the molecule is O=C(O)C(CCCC([N+](=O)[O-])([N+](=O)[O-])[N+](=O)[O-])c1ccccc1. The van der Waals surface area contributed by atoms with Gasteiger partial charge in [-0.2, -0.15) is 0 Å². The highest BCUT2D eigenvalue weighted by Crippen LogP contribution is 2.26. The molecule has 0 aliphatic rings. The number of carbonyl (C=O) groups is 1. The Morgan fingerprint density at radius 1 is 1.04 bits per heavy atom. The first-order valence-electron chi connectivity index (χ1n) is 6.44. The van der Waals surface area contributed by atoms with Crippen LogP contribution in [0.2, 0.25) is 0 Å². The normalized spacial score (nSPS) is 12.3. The van der Waals surface area contributed by atoms with Gasteiger partial charge < -0.3 is 5.11 Å². The van der Waals surface area contributed by atoms with Crippen LogP contribution in [0.25, 0.3) is 0 Å². The van der Waals surface area contributed by atoms with Crippen LogP contribution in [0.15, 0.2) is 30.3 Å². The molecule has 0 radical (unpaired) electrons. The minimum atomic E-state index is -3.56. The molecule has 0 aliphatic carbocycles. The first kappa shape index (κ1) is 17.9. The van der Waals surface area contributed by atoms with E-state index in [0.29, 0.717) is 5.56 Å². The Morgan fingerprint density at radius 2 is 1.52 bits per heavy atom. The van der Waals surface area contributed by atoms with Crippen LogP contribution in [0.4, 0.5) is 0 Å². The zero-order valence-electron chi connectivity index (χ0n) is 11.7. The summed E-state index contributed by atoms with van der Waals surface area (Å²) in [7, 11) is 0. The van der Waals surface area contributed by atoms with Crippen LogP contribution in [0.3, 0.4) is 0 Å². The van der Waals surface area contributed by atoms with Crippen molar-refractivity contribution in [1.29, 1.82) is 0 Å². The van der Waals surface area contributed by atoms with E-state index >= 15 is 0 Å². The van der Waals surface area contributed by atoms with Crippen molar-refractivity contribution < 1.29 is 24.7 Å². The van der Waals surface area contributed by atoms with Gasteiger partial charge in [0.1, 0.15) is 0 Å². The molecule has 0 fully saturated rings. The summed E-state index contributed by atoms with van der Waals surface area (Å²) in [5.41, 5.74) is 0.411. The third-order valence-corrected chi connectivity index (χ3v) is 3.38. The maximum absolute atomic E-state index is 11.3. The minimum Gasteiger partial charge on any atom is -0.481 e. The molecule has 1 N–H and O–H groups in total. The van der Waals surface area contributed by atoms with E-state index < -0.39 is 38.9 Å². The molecule has 11 heteroatoms. The van der Waals surface area contributed by atoms with Crippen molar-refractivity contribution in [1.82, 2.24) is 0 Å². The maximum atomic E-state index is 11.3. The van der Waals surface area contributed by atoms with Crippen molar-refractivity contribution in [3.05, 3.63) is 66.2 Å². The van der Waals surface area contributed by atoms with Crippen molar-refractivity contribution >= 4 is 5.97 Å². The van der Waals surface area contributed by atoms with Gasteiger partial charge in [0.15, 0.2) is 21.2 Å². The number of carboxylic acids is 1. The largest absolute Gasteiger partial charge is 0.699 e. The minimum absolute atomic E-state index is 0.198. The summed E-state index contributed by atoms with van der Waals surface area (Å²) >= 11 is 0. The standard InChI is InChI=1S/C12H13N3O8/c16-11(17)10(9-5-2-1-3-6-9)7-4-8-12(13(18)19,14(20)21)15(22)23/h1-3,5-6,10H,4,7-8H2,(H,16,17). The molecule has 0 heterocycles. The van der Waals surface area contributed by atoms with Crippen LogP contribution in [-0.2, 0) is 4.79 Å². The van der Waals surface area contributed by atoms with Gasteiger partial charge in [0.25, 0.3) is 0 Å². The monoisotopic (exact) mass is 327 g/mol. The lowest BCUT2D eigenvalue weighted by molar-refractivity contribution is -0.970. The molecule has 11 nitrogen and oxygen atoms in total. The van der Waals surface area contributed by atoms with Gasteiger partial charge in [0.05, 0.1) is 5.92 Å². The number of hydrogen-bond acceptors (Lipinski definition) is 7. The number of carboxylic acid groups (broad SMARTS) is 1. The molecule has 0 bridgehead atoms. The Hall–Kier alpha value is -3.11. The van der Waals surface area contributed by atoms with Crippen molar-refractivity contribution in [3.63, 3.8) is 0 Å². The summed E-state index contributed by atoms with van der Waals surface area (Å²) in [5.74, 6) is -5.83. The smallest absolute Gasteiger partial charge is 0.481 e. The fraction of sp³-hybridized carbons (Fsp3) is 0.417. The molecule has 1 aromatic carbocycles. The van der Waals surface area contributed by atoms with Crippen molar-refractivity contribution in [2.45, 2.75) is 31.0 Å². The number of aliphatic carboxylic acids is 1.